The summed E-state index contributed by atoms with van der Waals surface area (Å²) < 4.78 is 5.80. The van der Waals surface area contributed by atoms with Gasteiger partial charge in [-0.3, -0.25) is 0 Å². The maximum absolute atomic E-state index is 8.72. The van der Waals surface area contributed by atoms with E-state index >= 15 is 0 Å². The third-order valence-electron chi connectivity index (χ3n) is 3.46. The monoisotopic (exact) mass is 279 g/mol. The second kappa shape index (κ2) is 9.78. The van der Waals surface area contributed by atoms with Crippen LogP contribution in [-0.4, -0.2) is 24.9 Å². The first kappa shape index (κ1) is 17.0. The van der Waals surface area contributed by atoms with Gasteiger partial charge in [0.25, 0.3) is 0 Å². The molecule has 0 heterocycles. The predicted molar refractivity (Wildman–Crippen MR) is 84.3 cm³/mol. The van der Waals surface area contributed by atoms with Gasteiger partial charge in [0.1, 0.15) is 5.75 Å². The van der Waals surface area contributed by atoms with Gasteiger partial charge in [0.2, 0.25) is 0 Å². The number of benzene rings is 1. The molecule has 0 aliphatic rings. The Morgan fingerprint density at radius 1 is 1.25 bits per heavy atom. The van der Waals surface area contributed by atoms with Crippen LogP contribution in [0.15, 0.2) is 18.2 Å². The second-order valence-corrected chi connectivity index (χ2v) is 5.33. The molecule has 0 aromatic heterocycles. The van der Waals surface area contributed by atoms with Crippen molar-refractivity contribution in [1.29, 1.82) is 0 Å². The van der Waals surface area contributed by atoms with E-state index in [0.29, 0.717) is 6.04 Å². The number of aryl methyl sites for hydroxylation is 1. The summed E-state index contributed by atoms with van der Waals surface area (Å²) in [6.45, 7) is 8.52. The molecule has 20 heavy (non-hydrogen) atoms. The zero-order valence-corrected chi connectivity index (χ0v) is 13.1. The van der Waals surface area contributed by atoms with Crippen LogP contribution in [0, 0.1) is 6.92 Å². The fraction of sp³-hybridized carbons (Fsp3) is 0.647. The van der Waals surface area contributed by atoms with E-state index in [-0.39, 0.29) is 6.61 Å². The van der Waals surface area contributed by atoms with E-state index in [0.717, 1.165) is 44.6 Å². The molecule has 0 aliphatic heterocycles. The first-order valence-electron chi connectivity index (χ1n) is 7.76. The Morgan fingerprint density at radius 2 is 2.05 bits per heavy atom. The van der Waals surface area contributed by atoms with Crippen LogP contribution < -0.4 is 10.1 Å². The lowest BCUT2D eigenvalue weighted by Crippen LogP contribution is -2.19. The topological polar surface area (TPSA) is 41.5 Å². The molecule has 0 saturated heterocycles. The largest absolute Gasteiger partial charge is 0.493 e. The Labute approximate surface area is 123 Å². The molecule has 3 heteroatoms. The first-order valence-corrected chi connectivity index (χ1v) is 7.76. The van der Waals surface area contributed by atoms with E-state index < -0.39 is 0 Å². The fourth-order valence-corrected chi connectivity index (χ4v) is 2.16. The van der Waals surface area contributed by atoms with Gasteiger partial charge in [-0.1, -0.05) is 19.1 Å². The number of hydrogen-bond acceptors (Lipinski definition) is 3. The molecule has 2 N–H and O–H groups in total. The third kappa shape index (κ3) is 5.93. The van der Waals surface area contributed by atoms with Crippen LogP contribution >= 0.6 is 0 Å². The zero-order chi connectivity index (χ0) is 14.8. The highest BCUT2D eigenvalue weighted by atomic mass is 16.5. The van der Waals surface area contributed by atoms with E-state index in [2.05, 4.69) is 44.3 Å². The molecule has 0 fully saturated rings. The molecule has 1 unspecified atom stereocenters. The molecule has 0 spiro atoms. The third-order valence-corrected chi connectivity index (χ3v) is 3.46. The van der Waals surface area contributed by atoms with Crippen LogP contribution in [0.3, 0.4) is 0 Å². The fourth-order valence-electron chi connectivity index (χ4n) is 2.16. The van der Waals surface area contributed by atoms with Gasteiger partial charge in [-0.2, -0.15) is 0 Å². The van der Waals surface area contributed by atoms with Crippen molar-refractivity contribution in [3.63, 3.8) is 0 Å². The van der Waals surface area contributed by atoms with Gasteiger partial charge in [-0.15, -0.1) is 0 Å². The summed E-state index contributed by atoms with van der Waals surface area (Å²) in [4.78, 5) is 0. The van der Waals surface area contributed by atoms with Crippen molar-refractivity contribution in [2.24, 2.45) is 0 Å². The normalized spacial score (nSPS) is 12.4. The van der Waals surface area contributed by atoms with E-state index in [1.54, 1.807) is 0 Å². The molecule has 0 amide bonds. The number of aliphatic hydroxyl groups is 1. The molecule has 1 rings (SSSR count). The molecule has 3 nitrogen and oxygen atoms in total. The van der Waals surface area contributed by atoms with Crippen molar-refractivity contribution in [2.45, 2.75) is 52.5 Å². The maximum atomic E-state index is 8.72. The Kier molecular flexibility index (Phi) is 8.31. The van der Waals surface area contributed by atoms with Gasteiger partial charge in [0.05, 0.1) is 6.61 Å². The van der Waals surface area contributed by atoms with Crippen molar-refractivity contribution in [1.82, 2.24) is 5.32 Å². The van der Waals surface area contributed by atoms with Crippen LogP contribution in [0.5, 0.6) is 5.75 Å². The lowest BCUT2D eigenvalue weighted by Gasteiger charge is -2.16. The molecular formula is C17H29NO2. The highest BCUT2D eigenvalue weighted by Crippen LogP contribution is 2.23. The van der Waals surface area contributed by atoms with Crippen LogP contribution in [-0.2, 0) is 0 Å². The number of ether oxygens (including phenoxy) is 1. The maximum Gasteiger partial charge on any atom is 0.122 e. The highest BCUT2D eigenvalue weighted by molar-refractivity contribution is 5.37. The molecule has 0 bridgehead atoms. The zero-order valence-electron chi connectivity index (χ0n) is 13.1. The molecule has 0 radical (unpaired) electrons. The van der Waals surface area contributed by atoms with E-state index in [4.69, 9.17) is 9.84 Å². The summed E-state index contributed by atoms with van der Waals surface area (Å²) in [7, 11) is 0. The molecule has 114 valence electrons. The molecule has 0 aliphatic carbocycles. The van der Waals surface area contributed by atoms with E-state index in [9.17, 15) is 0 Å². The Balaban J connectivity index is 2.46. The van der Waals surface area contributed by atoms with E-state index in [1.807, 2.05) is 0 Å². The van der Waals surface area contributed by atoms with Gasteiger partial charge in [-0.25, -0.2) is 0 Å². The van der Waals surface area contributed by atoms with Gasteiger partial charge < -0.3 is 15.2 Å². The molecule has 1 aromatic rings. The lowest BCUT2D eigenvalue weighted by molar-refractivity contribution is 0.265. The van der Waals surface area contributed by atoms with Crippen LogP contribution in [0.2, 0.25) is 0 Å². The Hall–Kier alpha value is -1.06. The van der Waals surface area contributed by atoms with Crippen molar-refractivity contribution in [3.8, 4) is 5.75 Å². The molecule has 1 aromatic carbocycles. The first-order chi connectivity index (χ1) is 9.69. The average Bonchev–Trinajstić information content (AvgIpc) is 2.46. The number of unbranched alkanes of at least 4 members (excludes halogenated alkanes) is 2. The highest BCUT2D eigenvalue weighted by Gasteiger charge is 2.07. The van der Waals surface area contributed by atoms with Gasteiger partial charge in [0.15, 0.2) is 0 Å². The number of rotatable bonds is 10. The number of aliphatic hydroxyl groups excluding tert-OH is 1. The minimum atomic E-state index is 0.274. The Bertz CT molecular complexity index is 379. The minimum absolute atomic E-state index is 0.274. The average molecular weight is 279 g/mol. The quantitative estimate of drug-likeness (QED) is 0.643. The van der Waals surface area contributed by atoms with E-state index in [1.165, 1.54) is 11.1 Å². The Morgan fingerprint density at radius 3 is 2.70 bits per heavy atom. The molecular weight excluding hydrogens is 250 g/mol. The van der Waals surface area contributed by atoms with Gasteiger partial charge in [-0.05, 0) is 63.3 Å². The summed E-state index contributed by atoms with van der Waals surface area (Å²) in [5, 5.41) is 12.2. The van der Waals surface area contributed by atoms with Crippen molar-refractivity contribution in [2.75, 3.05) is 19.8 Å². The van der Waals surface area contributed by atoms with Crippen molar-refractivity contribution in [3.05, 3.63) is 29.3 Å². The summed E-state index contributed by atoms with van der Waals surface area (Å²) in [5.41, 5.74) is 2.50. The summed E-state index contributed by atoms with van der Waals surface area (Å²) in [6, 6.07) is 6.80. The number of nitrogens with one attached hydrogen (secondary N) is 1. The van der Waals surface area contributed by atoms with Gasteiger partial charge >= 0.3 is 0 Å². The smallest absolute Gasteiger partial charge is 0.122 e. The predicted octanol–water partition coefficient (Wildman–Crippen LogP) is 3.60. The summed E-state index contributed by atoms with van der Waals surface area (Å²) in [5.74, 6) is 0.973. The molecule has 1 atom stereocenters. The van der Waals surface area contributed by atoms with Crippen LogP contribution in [0.25, 0.3) is 0 Å². The SMILES string of the molecule is CCCNC(C)c1ccc(OCCCCCO)c(C)c1. The van der Waals surface area contributed by atoms with Crippen molar-refractivity contribution >= 4 is 0 Å². The second-order valence-electron chi connectivity index (χ2n) is 5.33. The summed E-state index contributed by atoms with van der Waals surface area (Å²) >= 11 is 0. The van der Waals surface area contributed by atoms with Crippen LogP contribution in [0.1, 0.15) is 56.7 Å². The van der Waals surface area contributed by atoms with Crippen LogP contribution in [0.4, 0.5) is 0 Å². The lowest BCUT2D eigenvalue weighted by atomic mass is 10.0. The molecule has 0 saturated carbocycles. The standard InChI is InChI=1S/C17H29NO2/c1-4-10-18-15(3)16-8-9-17(14(2)13-16)20-12-7-5-6-11-19/h8-9,13,15,18-19H,4-7,10-12H2,1-3H3. The minimum Gasteiger partial charge on any atom is -0.493 e. The summed E-state index contributed by atoms with van der Waals surface area (Å²) in [6.07, 6.45) is 4.03. The number of hydrogen-bond donors (Lipinski definition) is 2. The van der Waals surface area contributed by atoms with Crippen molar-refractivity contribution < 1.29 is 9.84 Å². The van der Waals surface area contributed by atoms with Gasteiger partial charge in [0, 0.05) is 12.6 Å².